The van der Waals surface area contributed by atoms with Gasteiger partial charge in [-0.3, -0.25) is 4.79 Å². The van der Waals surface area contributed by atoms with E-state index in [1.165, 1.54) is 18.4 Å². The molecule has 3 rings (SSSR count). The molecule has 0 heterocycles. The summed E-state index contributed by atoms with van der Waals surface area (Å²) in [6, 6.07) is 15.9. The van der Waals surface area contributed by atoms with Crippen LogP contribution in [0.5, 0.6) is 11.5 Å². The molecule has 0 bridgehead atoms. The van der Waals surface area contributed by atoms with Crippen LogP contribution >= 0.6 is 0 Å². The molecule has 27 heavy (non-hydrogen) atoms. The van der Waals surface area contributed by atoms with Crippen molar-refractivity contribution < 1.29 is 14.3 Å². The van der Waals surface area contributed by atoms with E-state index in [9.17, 15) is 4.79 Å². The third-order valence-electron chi connectivity index (χ3n) is 5.38. The molecule has 4 nitrogen and oxygen atoms in total. The second-order valence-electron chi connectivity index (χ2n) is 7.02. The van der Waals surface area contributed by atoms with Crippen LogP contribution in [0.3, 0.4) is 0 Å². The fourth-order valence-corrected chi connectivity index (χ4v) is 3.84. The quantitative estimate of drug-likeness (QED) is 0.742. The van der Waals surface area contributed by atoms with Gasteiger partial charge in [-0.25, -0.2) is 0 Å². The average Bonchev–Trinajstić information content (AvgIpc) is 3.21. The SMILES string of the molecule is COc1ccc(C2(CNC(=O)/C=C\c3ccccc3)CCCC2)cc1OC. The molecular formula is C23H27NO3. The zero-order valence-electron chi connectivity index (χ0n) is 16.0. The number of carbonyl (C=O) groups is 1. The summed E-state index contributed by atoms with van der Waals surface area (Å²) in [5, 5.41) is 3.10. The van der Waals surface area contributed by atoms with E-state index in [1.54, 1.807) is 20.3 Å². The molecule has 1 saturated carbocycles. The summed E-state index contributed by atoms with van der Waals surface area (Å²) in [4.78, 5) is 12.3. The smallest absolute Gasteiger partial charge is 0.244 e. The Morgan fingerprint density at radius 1 is 1.04 bits per heavy atom. The number of nitrogens with one attached hydrogen (secondary N) is 1. The maximum absolute atomic E-state index is 12.3. The second-order valence-corrected chi connectivity index (χ2v) is 7.02. The van der Waals surface area contributed by atoms with Gasteiger partial charge in [0, 0.05) is 18.0 Å². The molecular weight excluding hydrogens is 338 g/mol. The Morgan fingerprint density at radius 3 is 2.41 bits per heavy atom. The van der Waals surface area contributed by atoms with Crippen molar-refractivity contribution in [1.29, 1.82) is 0 Å². The van der Waals surface area contributed by atoms with Crippen LogP contribution in [0.25, 0.3) is 6.08 Å². The first-order chi connectivity index (χ1) is 13.2. The normalized spacial score (nSPS) is 15.6. The van der Waals surface area contributed by atoms with E-state index < -0.39 is 0 Å². The maximum Gasteiger partial charge on any atom is 0.244 e. The lowest BCUT2D eigenvalue weighted by molar-refractivity contribution is -0.116. The van der Waals surface area contributed by atoms with Gasteiger partial charge in [-0.2, -0.15) is 0 Å². The summed E-state index contributed by atoms with van der Waals surface area (Å²) >= 11 is 0. The van der Waals surface area contributed by atoms with Gasteiger partial charge in [0.1, 0.15) is 0 Å². The highest BCUT2D eigenvalue weighted by atomic mass is 16.5. The minimum absolute atomic E-state index is 0.0458. The van der Waals surface area contributed by atoms with Crippen molar-refractivity contribution in [1.82, 2.24) is 5.32 Å². The fourth-order valence-electron chi connectivity index (χ4n) is 3.84. The van der Waals surface area contributed by atoms with Crippen LogP contribution < -0.4 is 14.8 Å². The van der Waals surface area contributed by atoms with E-state index in [-0.39, 0.29) is 11.3 Å². The van der Waals surface area contributed by atoms with Crippen LogP contribution in [0.1, 0.15) is 36.8 Å². The molecule has 2 aromatic rings. The van der Waals surface area contributed by atoms with Crippen molar-refractivity contribution in [3.05, 3.63) is 65.7 Å². The van der Waals surface area contributed by atoms with Gasteiger partial charge in [0.2, 0.25) is 5.91 Å². The molecule has 1 aliphatic rings. The van der Waals surface area contributed by atoms with Gasteiger partial charge in [0.15, 0.2) is 11.5 Å². The van der Waals surface area contributed by atoms with Crippen molar-refractivity contribution in [2.45, 2.75) is 31.1 Å². The van der Waals surface area contributed by atoms with E-state index in [0.717, 1.165) is 29.9 Å². The van der Waals surface area contributed by atoms with E-state index in [0.29, 0.717) is 6.54 Å². The Hall–Kier alpha value is -2.75. The molecule has 0 atom stereocenters. The molecule has 1 amide bonds. The van der Waals surface area contributed by atoms with Crippen molar-refractivity contribution in [3.8, 4) is 11.5 Å². The lowest BCUT2D eigenvalue weighted by atomic mass is 9.78. The highest BCUT2D eigenvalue weighted by molar-refractivity contribution is 5.91. The molecule has 0 radical (unpaired) electrons. The first-order valence-electron chi connectivity index (χ1n) is 9.40. The molecule has 2 aromatic carbocycles. The van der Waals surface area contributed by atoms with E-state index in [1.807, 2.05) is 42.5 Å². The minimum Gasteiger partial charge on any atom is -0.493 e. The van der Waals surface area contributed by atoms with Gasteiger partial charge >= 0.3 is 0 Å². The van der Waals surface area contributed by atoms with E-state index >= 15 is 0 Å². The van der Waals surface area contributed by atoms with Crippen LogP contribution in [-0.4, -0.2) is 26.7 Å². The van der Waals surface area contributed by atoms with E-state index in [2.05, 4.69) is 17.4 Å². The van der Waals surface area contributed by atoms with Crippen LogP contribution in [0, 0.1) is 0 Å². The molecule has 1 aliphatic carbocycles. The van der Waals surface area contributed by atoms with Crippen LogP contribution in [0.15, 0.2) is 54.6 Å². The third-order valence-corrected chi connectivity index (χ3v) is 5.38. The van der Waals surface area contributed by atoms with Gasteiger partial charge in [-0.1, -0.05) is 49.2 Å². The number of carbonyl (C=O) groups excluding carboxylic acids is 1. The van der Waals surface area contributed by atoms with Gasteiger partial charge in [0.05, 0.1) is 14.2 Å². The third kappa shape index (κ3) is 4.51. The predicted octanol–water partition coefficient (Wildman–Crippen LogP) is 4.35. The zero-order valence-corrected chi connectivity index (χ0v) is 16.0. The molecule has 0 spiro atoms. The molecule has 1 fully saturated rings. The highest BCUT2D eigenvalue weighted by Crippen LogP contribution is 2.43. The standard InChI is InChI=1S/C23H27NO3/c1-26-20-12-11-19(16-21(20)27-2)23(14-6-7-15-23)17-24-22(25)13-10-18-8-4-3-5-9-18/h3-5,8-13,16H,6-7,14-15,17H2,1-2H3,(H,24,25)/b13-10-. The molecule has 142 valence electrons. The van der Waals surface area contributed by atoms with Gasteiger partial charge < -0.3 is 14.8 Å². The monoisotopic (exact) mass is 365 g/mol. The first-order valence-corrected chi connectivity index (χ1v) is 9.40. The summed E-state index contributed by atoms with van der Waals surface area (Å²) in [5.74, 6) is 1.39. The molecule has 0 aliphatic heterocycles. The fraction of sp³-hybridized carbons (Fsp3) is 0.348. The Bertz CT molecular complexity index is 793. The maximum atomic E-state index is 12.3. The van der Waals surface area contributed by atoms with E-state index in [4.69, 9.17) is 9.47 Å². The summed E-state index contributed by atoms with van der Waals surface area (Å²) in [5.41, 5.74) is 2.17. The second kappa shape index (κ2) is 8.76. The number of amides is 1. The Balaban J connectivity index is 1.72. The number of hydrogen-bond donors (Lipinski definition) is 1. The first kappa shape index (κ1) is 19.0. The predicted molar refractivity (Wildman–Crippen MR) is 108 cm³/mol. The van der Waals surface area contributed by atoms with Gasteiger partial charge in [-0.15, -0.1) is 0 Å². The highest BCUT2D eigenvalue weighted by Gasteiger charge is 2.36. The summed E-state index contributed by atoms with van der Waals surface area (Å²) < 4.78 is 10.8. The van der Waals surface area contributed by atoms with Crippen LogP contribution in [-0.2, 0) is 10.2 Å². The summed E-state index contributed by atoms with van der Waals surface area (Å²) in [7, 11) is 3.29. The summed E-state index contributed by atoms with van der Waals surface area (Å²) in [6.45, 7) is 0.625. The molecule has 4 heteroatoms. The Morgan fingerprint density at radius 2 is 1.74 bits per heavy atom. The average molecular weight is 365 g/mol. The van der Waals surface area contributed by atoms with Crippen molar-refractivity contribution in [3.63, 3.8) is 0 Å². The van der Waals surface area contributed by atoms with Crippen molar-refractivity contribution in [2.75, 3.05) is 20.8 Å². The van der Waals surface area contributed by atoms with Crippen molar-refractivity contribution in [2.24, 2.45) is 0 Å². The van der Waals surface area contributed by atoms with Crippen molar-refractivity contribution >= 4 is 12.0 Å². The molecule has 0 unspecified atom stereocenters. The number of benzene rings is 2. The molecule has 1 N–H and O–H groups in total. The lowest BCUT2D eigenvalue weighted by Gasteiger charge is -2.30. The van der Waals surface area contributed by atoms with Gasteiger partial charge in [0.25, 0.3) is 0 Å². The number of rotatable bonds is 7. The van der Waals surface area contributed by atoms with Gasteiger partial charge in [-0.05, 0) is 42.2 Å². The van der Waals surface area contributed by atoms with Crippen LogP contribution in [0.4, 0.5) is 0 Å². The topological polar surface area (TPSA) is 47.6 Å². The van der Waals surface area contributed by atoms with Crippen LogP contribution in [0.2, 0.25) is 0 Å². The molecule has 0 saturated heterocycles. The molecule has 0 aromatic heterocycles. The summed E-state index contributed by atoms with van der Waals surface area (Å²) in [6.07, 6.45) is 7.91. The minimum atomic E-state index is -0.0643. The number of ether oxygens (including phenoxy) is 2. The number of hydrogen-bond acceptors (Lipinski definition) is 3. The number of methoxy groups -OCH3 is 2. The zero-order chi connectivity index (χ0) is 19.1. The largest absolute Gasteiger partial charge is 0.493 e. The Kier molecular flexibility index (Phi) is 6.17. The lowest BCUT2D eigenvalue weighted by Crippen LogP contribution is -2.38. The Labute approximate surface area is 161 Å².